The van der Waals surface area contributed by atoms with Crippen LogP contribution in [0.3, 0.4) is 0 Å². The summed E-state index contributed by atoms with van der Waals surface area (Å²) in [7, 11) is 0. The molecular weight excluding hydrogens is 180 g/mol. The van der Waals surface area contributed by atoms with Gasteiger partial charge in [-0.05, 0) is 26.8 Å². The molecule has 80 valence electrons. The Morgan fingerprint density at radius 1 is 1.36 bits per heavy atom. The van der Waals surface area contributed by atoms with Crippen molar-refractivity contribution in [2.24, 2.45) is 0 Å². The molecule has 0 aliphatic heterocycles. The van der Waals surface area contributed by atoms with Gasteiger partial charge in [-0.2, -0.15) is 0 Å². The van der Waals surface area contributed by atoms with Crippen LogP contribution in [0.2, 0.25) is 0 Å². The second-order valence-electron chi connectivity index (χ2n) is 3.48. The summed E-state index contributed by atoms with van der Waals surface area (Å²) in [4.78, 5) is 0. The molecule has 0 aliphatic rings. The summed E-state index contributed by atoms with van der Waals surface area (Å²) in [6, 6.07) is 0.806. The van der Waals surface area contributed by atoms with Crippen molar-refractivity contribution < 1.29 is 4.42 Å². The van der Waals surface area contributed by atoms with Crippen molar-refractivity contribution >= 4 is 6.01 Å². The van der Waals surface area contributed by atoms with E-state index in [9.17, 15) is 0 Å². The van der Waals surface area contributed by atoms with Crippen LogP contribution >= 0.6 is 0 Å². The number of nitrogens with one attached hydrogen (secondary N) is 2. The summed E-state index contributed by atoms with van der Waals surface area (Å²) in [6.07, 6.45) is 1.10. The van der Waals surface area contributed by atoms with E-state index < -0.39 is 0 Å². The van der Waals surface area contributed by atoms with Crippen molar-refractivity contribution in [1.29, 1.82) is 0 Å². The zero-order valence-corrected chi connectivity index (χ0v) is 9.00. The first-order valence-electron chi connectivity index (χ1n) is 5.02. The third kappa shape index (κ3) is 3.74. The second-order valence-corrected chi connectivity index (χ2v) is 3.48. The van der Waals surface area contributed by atoms with Crippen LogP contribution in [0.1, 0.15) is 33.1 Å². The van der Waals surface area contributed by atoms with E-state index in [1.165, 1.54) is 0 Å². The quantitative estimate of drug-likeness (QED) is 0.676. The van der Waals surface area contributed by atoms with Crippen LogP contribution in [-0.4, -0.2) is 22.8 Å². The molecule has 1 heterocycles. The van der Waals surface area contributed by atoms with Crippen molar-refractivity contribution in [2.75, 3.05) is 11.9 Å². The van der Waals surface area contributed by atoms with Gasteiger partial charge in [-0.1, -0.05) is 12.0 Å². The van der Waals surface area contributed by atoms with Gasteiger partial charge >= 0.3 is 6.01 Å². The minimum atomic E-state index is 0.312. The van der Waals surface area contributed by atoms with Gasteiger partial charge in [0.1, 0.15) is 0 Å². The van der Waals surface area contributed by atoms with E-state index in [0.29, 0.717) is 24.5 Å². The zero-order chi connectivity index (χ0) is 10.4. The summed E-state index contributed by atoms with van der Waals surface area (Å²) in [6.45, 7) is 7.78. The number of rotatable bonds is 6. The lowest BCUT2D eigenvalue weighted by atomic mass is 10.4. The molecule has 5 heteroatoms. The monoisotopic (exact) mass is 198 g/mol. The molecular formula is C9H18N4O. The normalized spacial score (nSPS) is 10.9. The van der Waals surface area contributed by atoms with Crippen molar-refractivity contribution in [1.82, 2.24) is 15.5 Å². The summed E-state index contributed by atoms with van der Waals surface area (Å²) in [5.74, 6) is 0.626. The number of hydrogen-bond donors (Lipinski definition) is 2. The van der Waals surface area contributed by atoms with Crippen molar-refractivity contribution in [3.05, 3.63) is 5.89 Å². The van der Waals surface area contributed by atoms with E-state index in [4.69, 9.17) is 4.42 Å². The van der Waals surface area contributed by atoms with Crippen LogP contribution in [0.25, 0.3) is 0 Å². The van der Waals surface area contributed by atoms with Crippen LogP contribution in [0.15, 0.2) is 4.42 Å². The summed E-state index contributed by atoms with van der Waals surface area (Å²) >= 11 is 0. The Morgan fingerprint density at radius 2 is 2.14 bits per heavy atom. The van der Waals surface area contributed by atoms with Gasteiger partial charge in [0.05, 0.1) is 6.54 Å². The standard InChI is InChI=1S/C9H18N4O/c1-4-5-10-6-8-12-13-9(14-8)11-7(2)3/h7,10H,4-6H2,1-3H3,(H,11,13). The lowest BCUT2D eigenvalue weighted by Crippen LogP contribution is -2.13. The van der Waals surface area contributed by atoms with Crippen molar-refractivity contribution in [3.63, 3.8) is 0 Å². The maximum atomic E-state index is 5.35. The average molecular weight is 198 g/mol. The Labute approximate surface area is 84.3 Å². The number of aromatic nitrogens is 2. The molecule has 0 radical (unpaired) electrons. The minimum Gasteiger partial charge on any atom is -0.407 e. The van der Waals surface area contributed by atoms with Gasteiger partial charge in [0.2, 0.25) is 5.89 Å². The lowest BCUT2D eigenvalue weighted by Gasteiger charge is -2.02. The van der Waals surface area contributed by atoms with E-state index in [1.807, 2.05) is 13.8 Å². The molecule has 0 fully saturated rings. The highest BCUT2D eigenvalue weighted by molar-refractivity contribution is 5.17. The summed E-state index contributed by atoms with van der Waals surface area (Å²) in [5.41, 5.74) is 0. The molecule has 1 aromatic heterocycles. The Balaban J connectivity index is 2.35. The van der Waals surface area contributed by atoms with Crippen LogP contribution in [0.5, 0.6) is 0 Å². The van der Waals surface area contributed by atoms with Crippen molar-refractivity contribution in [3.8, 4) is 0 Å². The summed E-state index contributed by atoms with van der Waals surface area (Å²) in [5, 5.41) is 14.0. The highest BCUT2D eigenvalue weighted by Crippen LogP contribution is 2.06. The van der Waals surface area contributed by atoms with Crippen molar-refractivity contribution in [2.45, 2.75) is 39.8 Å². The minimum absolute atomic E-state index is 0.312. The van der Waals surface area contributed by atoms with Gasteiger partial charge in [-0.3, -0.25) is 0 Å². The van der Waals surface area contributed by atoms with Crippen LogP contribution < -0.4 is 10.6 Å². The number of hydrogen-bond acceptors (Lipinski definition) is 5. The van der Waals surface area contributed by atoms with Crippen LogP contribution in [0, 0.1) is 0 Å². The number of nitrogens with zero attached hydrogens (tertiary/aromatic N) is 2. The molecule has 0 unspecified atom stereocenters. The maximum Gasteiger partial charge on any atom is 0.315 e. The largest absolute Gasteiger partial charge is 0.407 e. The average Bonchev–Trinajstić information content (AvgIpc) is 2.52. The zero-order valence-electron chi connectivity index (χ0n) is 9.00. The first-order valence-corrected chi connectivity index (χ1v) is 5.02. The number of anilines is 1. The second kappa shape index (κ2) is 5.59. The molecule has 0 amide bonds. The van der Waals surface area contributed by atoms with Gasteiger partial charge in [0, 0.05) is 6.04 Å². The lowest BCUT2D eigenvalue weighted by molar-refractivity contribution is 0.474. The Bertz CT molecular complexity index is 259. The molecule has 0 saturated carbocycles. The molecule has 0 aliphatic carbocycles. The van der Waals surface area contributed by atoms with E-state index in [1.54, 1.807) is 0 Å². The molecule has 2 N–H and O–H groups in total. The third-order valence-corrected chi connectivity index (χ3v) is 1.58. The first kappa shape index (κ1) is 11.0. The molecule has 14 heavy (non-hydrogen) atoms. The fraction of sp³-hybridized carbons (Fsp3) is 0.778. The smallest absolute Gasteiger partial charge is 0.315 e. The fourth-order valence-corrected chi connectivity index (χ4v) is 1.00. The van der Waals surface area contributed by atoms with E-state index >= 15 is 0 Å². The Hall–Kier alpha value is -1.10. The van der Waals surface area contributed by atoms with Gasteiger partial charge in [-0.25, -0.2) is 0 Å². The van der Waals surface area contributed by atoms with Gasteiger partial charge in [0.15, 0.2) is 0 Å². The SMILES string of the molecule is CCCNCc1nnc(NC(C)C)o1. The van der Waals surface area contributed by atoms with Gasteiger partial charge in [-0.15, -0.1) is 5.10 Å². The molecule has 5 nitrogen and oxygen atoms in total. The highest BCUT2D eigenvalue weighted by Gasteiger charge is 2.05. The Morgan fingerprint density at radius 3 is 2.79 bits per heavy atom. The molecule has 0 aromatic carbocycles. The van der Waals surface area contributed by atoms with E-state index in [2.05, 4.69) is 27.8 Å². The first-order chi connectivity index (χ1) is 6.72. The molecule has 1 aromatic rings. The molecule has 0 bridgehead atoms. The van der Waals surface area contributed by atoms with E-state index in [0.717, 1.165) is 13.0 Å². The van der Waals surface area contributed by atoms with Crippen LogP contribution in [0.4, 0.5) is 6.01 Å². The molecule has 0 atom stereocenters. The predicted molar refractivity (Wildman–Crippen MR) is 55.1 cm³/mol. The van der Waals surface area contributed by atoms with Gasteiger partial charge < -0.3 is 15.1 Å². The third-order valence-electron chi connectivity index (χ3n) is 1.58. The van der Waals surface area contributed by atoms with E-state index in [-0.39, 0.29) is 0 Å². The van der Waals surface area contributed by atoms with Gasteiger partial charge in [0.25, 0.3) is 0 Å². The van der Waals surface area contributed by atoms with Crippen LogP contribution in [-0.2, 0) is 6.54 Å². The fourth-order valence-electron chi connectivity index (χ4n) is 1.00. The Kier molecular flexibility index (Phi) is 4.39. The molecule has 0 spiro atoms. The highest BCUT2D eigenvalue weighted by atomic mass is 16.4. The predicted octanol–water partition coefficient (Wildman–Crippen LogP) is 1.39. The maximum absolute atomic E-state index is 5.35. The molecule has 1 rings (SSSR count). The topological polar surface area (TPSA) is 63.0 Å². The molecule has 0 saturated heterocycles. The summed E-state index contributed by atoms with van der Waals surface area (Å²) < 4.78 is 5.35.